The number of hydrogen-bond donors (Lipinski definition) is 1. The van der Waals surface area contributed by atoms with Crippen molar-refractivity contribution in [3.05, 3.63) is 35.4 Å². The minimum absolute atomic E-state index is 0. The predicted octanol–water partition coefficient (Wildman–Crippen LogP) is 3.84. The van der Waals surface area contributed by atoms with E-state index in [9.17, 15) is 13.2 Å². The number of unbranched alkanes of at least 4 members (excludes halogenated alkanes) is 1. The van der Waals surface area contributed by atoms with Crippen molar-refractivity contribution in [1.82, 2.24) is 0 Å². The Bertz CT molecular complexity index is 459. The van der Waals surface area contributed by atoms with Crippen molar-refractivity contribution in [1.29, 1.82) is 0 Å². The highest BCUT2D eigenvalue weighted by Gasteiger charge is 2.30. The lowest BCUT2D eigenvalue weighted by atomic mass is 10.0. The van der Waals surface area contributed by atoms with Gasteiger partial charge in [0.2, 0.25) is 0 Å². The lowest BCUT2D eigenvalue weighted by Gasteiger charge is -2.10. The van der Waals surface area contributed by atoms with E-state index >= 15 is 0 Å². The molecule has 0 unspecified atom stereocenters. The third-order valence-electron chi connectivity index (χ3n) is 2.94. The Hall–Kier alpha value is -1.60. The summed E-state index contributed by atoms with van der Waals surface area (Å²) in [4.78, 5) is 5.06. The number of methoxy groups -OCH3 is 1. The summed E-state index contributed by atoms with van der Waals surface area (Å²) in [6.45, 7) is 1.22. The second-order valence-electron chi connectivity index (χ2n) is 4.68. The van der Waals surface area contributed by atoms with E-state index in [0.29, 0.717) is 30.8 Å². The Morgan fingerprint density at radius 1 is 1.13 bits per heavy atom. The normalized spacial score (nSPS) is 12.0. The Labute approximate surface area is 135 Å². The van der Waals surface area contributed by atoms with E-state index in [1.165, 1.54) is 12.1 Å². The van der Waals surface area contributed by atoms with Gasteiger partial charge in [-0.3, -0.25) is 0 Å². The van der Waals surface area contributed by atoms with Gasteiger partial charge >= 0.3 is 6.18 Å². The van der Waals surface area contributed by atoms with Crippen LogP contribution in [0.15, 0.2) is 29.4 Å². The molecule has 0 saturated carbocycles. The molecule has 2 N–H and O–H groups in total. The highest BCUT2D eigenvalue weighted by molar-refractivity contribution is 6.00. The third kappa shape index (κ3) is 7.99. The molecule has 0 heterocycles. The largest absolute Gasteiger partial charge is 0.416 e. The van der Waals surface area contributed by atoms with Crippen LogP contribution in [0.5, 0.6) is 0 Å². The Morgan fingerprint density at radius 3 is 2.30 bits per heavy atom. The zero-order valence-electron chi connectivity index (χ0n) is 12.5. The van der Waals surface area contributed by atoms with Crippen LogP contribution in [0, 0.1) is 0 Å². The van der Waals surface area contributed by atoms with Gasteiger partial charge in [-0.25, -0.2) is 0 Å². The molecule has 1 aromatic rings. The molecule has 23 heavy (non-hydrogen) atoms. The molecule has 0 amide bonds. The zero-order chi connectivity index (χ0) is 16.4. The fraction of sp³-hybridized carbons (Fsp3) is 0.562. The minimum Gasteiger partial charge on any atom is -0.394 e. The molecular weight excluding hydrogens is 309 g/mol. The van der Waals surface area contributed by atoms with Gasteiger partial charge in [-0.15, -0.1) is 0 Å². The van der Waals surface area contributed by atoms with Crippen molar-refractivity contribution in [2.45, 2.75) is 32.9 Å². The fourth-order valence-corrected chi connectivity index (χ4v) is 1.81. The number of hydrogen-bond acceptors (Lipinski definition) is 4. The summed E-state index contributed by atoms with van der Waals surface area (Å²) in [5.41, 5.74) is 5.87. The number of ether oxygens (including phenoxy) is 1. The van der Waals surface area contributed by atoms with Gasteiger partial charge < -0.3 is 15.3 Å². The molecule has 0 aliphatic carbocycles. The number of rotatable bonds is 9. The molecule has 4 nitrogen and oxygen atoms in total. The standard InChI is InChI=1S/C15H21F3N2O2.CH4/c1-21-10-3-2-4-14(20-22-11-9-19)12-5-7-13(8-6-12)15(16,17)18;/h5-8H,2-4,9-11,19H2,1H3;1H4/b20-14+;. The van der Waals surface area contributed by atoms with Crippen molar-refractivity contribution in [2.24, 2.45) is 10.9 Å². The predicted molar refractivity (Wildman–Crippen MR) is 85.4 cm³/mol. The van der Waals surface area contributed by atoms with Gasteiger partial charge in [-0.05, 0) is 37.0 Å². The number of benzene rings is 1. The first-order valence-corrected chi connectivity index (χ1v) is 7.04. The number of nitrogens with zero attached hydrogens (tertiary/aromatic N) is 1. The van der Waals surface area contributed by atoms with E-state index < -0.39 is 11.7 Å². The number of alkyl halides is 3. The van der Waals surface area contributed by atoms with Gasteiger partial charge in [-0.1, -0.05) is 24.7 Å². The third-order valence-corrected chi connectivity index (χ3v) is 2.94. The van der Waals surface area contributed by atoms with Gasteiger partial charge in [0.15, 0.2) is 0 Å². The molecule has 0 spiro atoms. The van der Waals surface area contributed by atoms with Crippen molar-refractivity contribution < 1.29 is 22.7 Å². The Balaban J connectivity index is 0.00000484. The van der Waals surface area contributed by atoms with Gasteiger partial charge in [0.25, 0.3) is 0 Å². The second-order valence-corrected chi connectivity index (χ2v) is 4.68. The lowest BCUT2D eigenvalue weighted by molar-refractivity contribution is -0.137. The molecule has 1 rings (SSSR count). The highest BCUT2D eigenvalue weighted by atomic mass is 19.4. The van der Waals surface area contributed by atoms with Crippen molar-refractivity contribution in [2.75, 3.05) is 26.9 Å². The van der Waals surface area contributed by atoms with Crippen LogP contribution in [0.1, 0.15) is 37.8 Å². The molecule has 0 aliphatic heterocycles. The maximum Gasteiger partial charge on any atom is 0.416 e. The number of oxime groups is 1. The Kier molecular flexibility index (Phi) is 10.2. The smallest absolute Gasteiger partial charge is 0.394 e. The van der Waals surface area contributed by atoms with Gasteiger partial charge in [0, 0.05) is 20.3 Å². The maximum atomic E-state index is 12.6. The summed E-state index contributed by atoms with van der Waals surface area (Å²) in [6, 6.07) is 4.90. The molecule has 0 aliphatic rings. The molecule has 0 atom stereocenters. The highest BCUT2D eigenvalue weighted by Crippen LogP contribution is 2.29. The quantitative estimate of drug-likeness (QED) is 0.424. The summed E-state index contributed by atoms with van der Waals surface area (Å²) >= 11 is 0. The summed E-state index contributed by atoms with van der Waals surface area (Å²) in [6.07, 6.45) is -2.10. The summed E-state index contributed by atoms with van der Waals surface area (Å²) in [5, 5.41) is 3.99. The summed E-state index contributed by atoms with van der Waals surface area (Å²) in [7, 11) is 1.62. The van der Waals surface area contributed by atoms with E-state index in [2.05, 4.69) is 5.16 Å². The van der Waals surface area contributed by atoms with Gasteiger partial charge in [-0.2, -0.15) is 13.2 Å². The van der Waals surface area contributed by atoms with E-state index in [0.717, 1.165) is 25.0 Å². The maximum absolute atomic E-state index is 12.6. The van der Waals surface area contributed by atoms with Crippen LogP contribution in [-0.2, 0) is 15.8 Å². The minimum atomic E-state index is -4.34. The van der Waals surface area contributed by atoms with Crippen LogP contribution >= 0.6 is 0 Å². The molecule has 0 fully saturated rings. The van der Waals surface area contributed by atoms with Gasteiger partial charge in [0.05, 0.1) is 11.3 Å². The molecule has 0 bridgehead atoms. The molecular formula is C16H25F3N2O2. The van der Waals surface area contributed by atoms with E-state index in [1.54, 1.807) is 7.11 Å². The molecule has 132 valence electrons. The van der Waals surface area contributed by atoms with Crippen LogP contribution in [0.3, 0.4) is 0 Å². The first-order chi connectivity index (χ1) is 10.5. The second kappa shape index (κ2) is 11.0. The average Bonchev–Trinajstić information content (AvgIpc) is 2.49. The SMILES string of the molecule is C.COCCCC/C(=N\OCCN)c1ccc(C(F)(F)F)cc1. The molecule has 1 aromatic carbocycles. The molecule has 0 saturated heterocycles. The van der Waals surface area contributed by atoms with Crippen LogP contribution in [0.2, 0.25) is 0 Å². The monoisotopic (exact) mass is 334 g/mol. The van der Waals surface area contributed by atoms with E-state index in [-0.39, 0.29) is 14.0 Å². The fourth-order valence-electron chi connectivity index (χ4n) is 1.81. The van der Waals surface area contributed by atoms with E-state index in [1.807, 2.05) is 0 Å². The van der Waals surface area contributed by atoms with Crippen LogP contribution in [0.4, 0.5) is 13.2 Å². The van der Waals surface area contributed by atoms with Gasteiger partial charge in [0.1, 0.15) is 6.61 Å². The lowest BCUT2D eigenvalue weighted by Crippen LogP contribution is -2.09. The average molecular weight is 334 g/mol. The molecule has 0 aromatic heterocycles. The first kappa shape index (κ1) is 21.4. The topological polar surface area (TPSA) is 56.8 Å². The number of halogens is 3. The zero-order valence-corrected chi connectivity index (χ0v) is 12.5. The van der Waals surface area contributed by atoms with Crippen LogP contribution in [-0.4, -0.2) is 32.6 Å². The van der Waals surface area contributed by atoms with Crippen LogP contribution in [0.25, 0.3) is 0 Å². The number of nitrogens with two attached hydrogens (primary N) is 1. The van der Waals surface area contributed by atoms with Crippen LogP contribution < -0.4 is 5.73 Å². The summed E-state index contributed by atoms with van der Waals surface area (Å²) in [5.74, 6) is 0. The molecule has 0 radical (unpaired) electrons. The summed E-state index contributed by atoms with van der Waals surface area (Å²) < 4.78 is 42.7. The van der Waals surface area contributed by atoms with Crippen molar-refractivity contribution >= 4 is 5.71 Å². The van der Waals surface area contributed by atoms with Crippen molar-refractivity contribution in [3.8, 4) is 0 Å². The Morgan fingerprint density at radius 2 is 1.78 bits per heavy atom. The van der Waals surface area contributed by atoms with E-state index in [4.69, 9.17) is 15.3 Å². The first-order valence-electron chi connectivity index (χ1n) is 7.04. The van der Waals surface area contributed by atoms with Crippen molar-refractivity contribution in [3.63, 3.8) is 0 Å². The molecule has 7 heteroatoms.